The highest BCUT2D eigenvalue weighted by Crippen LogP contribution is 2.13. The quantitative estimate of drug-likeness (QED) is 0.0358. The number of benzene rings is 1. The molecule has 17 heteroatoms. The molecular formula is C44H75N5O12. The van der Waals surface area contributed by atoms with E-state index in [2.05, 4.69) is 33.5 Å². The monoisotopic (exact) mass is 866 g/mol. The van der Waals surface area contributed by atoms with Crippen LogP contribution < -0.4 is 26.6 Å². The molecule has 348 valence electrons. The Morgan fingerprint density at radius 2 is 1.13 bits per heavy atom. The van der Waals surface area contributed by atoms with Gasteiger partial charge in [0.15, 0.2) is 0 Å². The van der Waals surface area contributed by atoms with Crippen molar-refractivity contribution in [1.82, 2.24) is 26.6 Å². The van der Waals surface area contributed by atoms with E-state index < -0.39 is 53.3 Å². The number of unbranched alkanes of at least 4 members (excludes halogenated alkanes) is 4. The maximum atomic E-state index is 13.7. The van der Waals surface area contributed by atoms with Crippen LogP contribution in [0.15, 0.2) is 30.3 Å². The molecule has 0 heterocycles. The molecule has 0 spiro atoms. The molecule has 0 bridgehead atoms. The van der Waals surface area contributed by atoms with Crippen molar-refractivity contribution >= 4 is 35.9 Å². The summed E-state index contributed by atoms with van der Waals surface area (Å²) in [7, 11) is 0. The number of nitrogens with one attached hydrogen (secondary N) is 5. The number of ether oxygens (including phenoxy) is 6. The predicted molar refractivity (Wildman–Crippen MR) is 231 cm³/mol. The van der Waals surface area contributed by atoms with Crippen LogP contribution in [-0.2, 0) is 54.2 Å². The number of rotatable bonds is 32. The van der Waals surface area contributed by atoms with E-state index in [0.29, 0.717) is 65.0 Å². The second-order valence-corrected chi connectivity index (χ2v) is 16.5. The van der Waals surface area contributed by atoms with Crippen LogP contribution in [0, 0.1) is 0 Å². The molecule has 2 unspecified atom stereocenters. The molecule has 0 fully saturated rings. The van der Waals surface area contributed by atoms with E-state index in [1.54, 1.807) is 41.5 Å². The fourth-order valence-electron chi connectivity index (χ4n) is 5.44. The van der Waals surface area contributed by atoms with Crippen LogP contribution >= 0.6 is 0 Å². The van der Waals surface area contributed by atoms with Crippen LogP contribution in [0.2, 0.25) is 0 Å². The smallest absolute Gasteiger partial charge is 0.407 e. The van der Waals surface area contributed by atoms with Crippen molar-refractivity contribution in [2.24, 2.45) is 0 Å². The lowest BCUT2D eigenvalue weighted by atomic mass is 10.1. The molecule has 0 aliphatic carbocycles. The van der Waals surface area contributed by atoms with Crippen molar-refractivity contribution in [1.29, 1.82) is 0 Å². The van der Waals surface area contributed by atoms with Gasteiger partial charge in [-0.1, -0.05) is 50.1 Å². The number of hydrogen-bond donors (Lipinski definition) is 5. The van der Waals surface area contributed by atoms with Crippen LogP contribution in [0.5, 0.6) is 0 Å². The Morgan fingerprint density at radius 3 is 1.75 bits per heavy atom. The van der Waals surface area contributed by atoms with Gasteiger partial charge in [-0.3, -0.25) is 14.4 Å². The van der Waals surface area contributed by atoms with Gasteiger partial charge in [0.2, 0.25) is 17.7 Å². The highest BCUT2D eigenvalue weighted by atomic mass is 16.6. The molecular weight excluding hydrogens is 791 g/mol. The Hall–Kier alpha value is -4.48. The van der Waals surface area contributed by atoms with Gasteiger partial charge >= 0.3 is 18.2 Å². The summed E-state index contributed by atoms with van der Waals surface area (Å²) in [5.41, 5.74) is -0.536. The van der Waals surface area contributed by atoms with Crippen molar-refractivity contribution < 1.29 is 57.2 Å². The first-order valence-electron chi connectivity index (χ1n) is 21.7. The summed E-state index contributed by atoms with van der Waals surface area (Å²) >= 11 is 0. The third-order valence-electron chi connectivity index (χ3n) is 8.44. The topological polar surface area (TPSA) is 218 Å². The molecule has 1 aromatic carbocycles. The first kappa shape index (κ1) is 54.5. The number of amides is 5. The lowest BCUT2D eigenvalue weighted by Gasteiger charge is -2.26. The minimum atomic E-state index is -0.973. The molecule has 5 amide bonds. The Labute approximate surface area is 363 Å². The Kier molecular flexibility index (Phi) is 28.8. The van der Waals surface area contributed by atoms with Crippen molar-refractivity contribution in [3.63, 3.8) is 0 Å². The van der Waals surface area contributed by atoms with E-state index in [1.807, 2.05) is 30.3 Å². The molecule has 17 nitrogen and oxygen atoms in total. The van der Waals surface area contributed by atoms with Gasteiger partial charge in [-0.15, -0.1) is 0 Å². The fourth-order valence-corrected chi connectivity index (χ4v) is 5.44. The number of alkyl carbamates (subject to hydrolysis) is 2. The van der Waals surface area contributed by atoms with Crippen molar-refractivity contribution in [2.45, 2.75) is 149 Å². The van der Waals surface area contributed by atoms with Crippen molar-refractivity contribution in [2.75, 3.05) is 59.3 Å². The second kappa shape index (κ2) is 32.3. The third-order valence-corrected chi connectivity index (χ3v) is 8.44. The molecule has 61 heavy (non-hydrogen) atoms. The van der Waals surface area contributed by atoms with E-state index >= 15 is 0 Å². The average Bonchev–Trinajstić information content (AvgIpc) is 3.18. The van der Waals surface area contributed by atoms with E-state index in [1.165, 1.54) is 0 Å². The average molecular weight is 866 g/mol. The second-order valence-electron chi connectivity index (χ2n) is 16.5. The van der Waals surface area contributed by atoms with Gasteiger partial charge in [-0.2, -0.15) is 0 Å². The van der Waals surface area contributed by atoms with Crippen LogP contribution in [0.1, 0.15) is 125 Å². The zero-order valence-corrected chi connectivity index (χ0v) is 37.8. The summed E-state index contributed by atoms with van der Waals surface area (Å²) in [4.78, 5) is 75.9. The standard InChI is InChI=1S/C44H75N5O12/c1-8-9-11-22-37(50)45-24-16-15-21-36(40(53)60-43(2,3)4)49-39(52)35(20-14-17-25-46-42(55)61-44(5,6)7)48-38(51)23-27-56-29-31-58-32-30-57-28-26-47-41(54)59-33-34-18-12-10-13-19-34/h10,12-13,18-19,35-36H,8-9,11,14-17,20-33H2,1-7H3,(H,45,50)(H,46,55)(H,47,54)(H,48,51)(H,49,52). The third kappa shape index (κ3) is 32.0. The normalized spacial score (nSPS) is 12.4. The van der Waals surface area contributed by atoms with Crippen LogP contribution in [0.3, 0.4) is 0 Å². The Morgan fingerprint density at radius 1 is 0.557 bits per heavy atom. The summed E-state index contributed by atoms with van der Waals surface area (Å²) in [6.07, 6.45) is 4.88. The molecule has 0 radical (unpaired) electrons. The van der Waals surface area contributed by atoms with Crippen LogP contribution in [0.25, 0.3) is 0 Å². The summed E-state index contributed by atoms with van der Waals surface area (Å²) in [6.45, 7) is 15.4. The lowest BCUT2D eigenvalue weighted by Crippen LogP contribution is -2.52. The highest BCUT2D eigenvalue weighted by molar-refractivity contribution is 5.90. The van der Waals surface area contributed by atoms with Gasteiger partial charge in [0.25, 0.3) is 0 Å². The first-order chi connectivity index (χ1) is 29.0. The van der Waals surface area contributed by atoms with Crippen molar-refractivity contribution in [3.05, 3.63) is 35.9 Å². The maximum absolute atomic E-state index is 13.7. The first-order valence-corrected chi connectivity index (χ1v) is 21.7. The molecule has 5 N–H and O–H groups in total. The number of hydrogen-bond acceptors (Lipinski definition) is 12. The Balaban J connectivity index is 2.57. The molecule has 1 rings (SSSR count). The fraction of sp³-hybridized carbons (Fsp3) is 0.727. The zero-order valence-electron chi connectivity index (χ0n) is 37.8. The Bertz CT molecular complexity index is 1400. The molecule has 0 aliphatic rings. The predicted octanol–water partition coefficient (Wildman–Crippen LogP) is 5.23. The lowest BCUT2D eigenvalue weighted by molar-refractivity contribution is -0.159. The molecule has 0 aliphatic heterocycles. The van der Waals surface area contributed by atoms with E-state index in [4.69, 9.17) is 28.4 Å². The minimum Gasteiger partial charge on any atom is -0.458 e. The van der Waals surface area contributed by atoms with E-state index in [-0.39, 0.29) is 58.1 Å². The molecule has 0 saturated heterocycles. The van der Waals surface area contributed by atoms with Gasteiger partial charge in [-0.05, 0) is 92.1 Å². The number of esters is 1. The summed E-state index contributed by atoms with van der Waals surface area (Å²) in [5, 5.41) is 13.8. The van der Waals surface area contributed by atoms with Gasteiger partial charge in [0, 0.05) is 32.5 Å². The van der Waals surface area contributed by atoms with Crippen LogP contribution in [-0.4, -0.2) is 118 Å². The molecule has 2 atom stereocenters. The van der Waals surface area contributed by atoms with Gasteiger partial charge < -0.3 is 55.0 Å². The van der Waals surface area contributed by atoms with Gasteiger partial charge in [0.1, 0.15) is 29.9 Å². The SMILES string of the molecule is CCCCCC(=O)NCCCCC(NC(=O)C(CCCCNC(=O)OC(C)(C)C)NC(=O)CCOCCOCCOCCNC(=O)OCc1ccccc1)C(=O)OC(C)(C)C. The minimum absolute atomic E-state index is 0.00667. The van der Waals surface area contributed by atoms with Gasteiger partial charge in [-0.25, -0.2) is 14.4 Å². The summed E-state index contributed by atoms with van der Waals surface area (Å²) < 4.78 is 32.6. The molecule has 1 aromatic rings. The number of carbonyl (C=O) groups is 6. The van der Waals surface area contributed by atoms with Crippen LogP contribution in [0.4, 0.5) is 9.59 Å². The van der Waals surface area contributed by atoms with Gasteiger partial charge in [0.05, 0.1) is 39.6 Å². The summed E-state index contributed by atoms with van der Waals surface area (Å²) in [6, 6.07) is 7.43. The van der Waals surface area contributed by atoms with Crippen molar-refractivity contribution in [3.8, 4) is 0 Å². The number of carbonyl (C=O) groups excluding carboxylic acids is 6. The summed E-state index contributed by atoms with van der Waals surface area (Å²) in [5.74, 6) is -1.55. The zero-order chi connectivity index (χ0) is 45.4. The van der Waals surface area contributed by atoms with E-state index in [9.17, 15) is 28.8 Å². The van der Waals surface area contributed by atoms with E-state index in [0.717, 1.165) is 24.8 Å². The maximum Gasteiger partial charge on any atom is 0.407 e. The largest absolute Gasteiger partial charge is 0.458 e. The molecule has 0 saturated carbocycles. The molecule has 0 aromatic heterocycles. The highest BCUT2D eigenvalue weighted by Gasteiger charge is 2.30.